The van der Waals surface area contributed by atoms with Gasteiger partial charge in [0.25, 0.3) is 0 Å². The molecule has 0 bridgehead atoms. The van der Waals surface area contributed by atoms with E-state index in [1.54, 1.807) is 18.4 Å². The highest BCUT2D eigenvalue weighted by atomic mass is 32.1. The van der Waals surface area contributed by atoms with Gasteiger partial charge in [-0.25, -0.2) is 4.99 Å². The second-order valence-corrected chi connectivity index (χ2v) is 4.23. The van der Waals surface area contributed by atoms with Gasteiger partial charge in [-0.3, -0.25) is 0 Å². The molecule has 0 aliphatic carbocycles. The fourth-order valence-corrected chi connectivity index (χ4v) is 1.80. The van der Waals surface area contributed by atoms with Crippen molar-refractivity contribution in [2.75, 3.05) is 26.8 Å². The van der Waals surface area contributed by atoms with Gasteiger partial charge in [0.2, 0.25) is 0 Å². The summed E-state index contributed by atoms with van der Waals surface area (Å²) in [6.07, 6.45) is 0. The average Bonchev–Trinajstić information content (AvgIpc) is 2.79. The lowest BCUT2D eigenvalue weighted by atomic mass is 10.5. The second-order valence-electron chi connectivity index (χ2n) is 3.19. The molecular weight excluding hydrogens is 222 g/mol. The number of guanidine groups is 1. The van der Waals surface area contributed by atoms with Crippen molar-refractivity contribution in [2.24, 2.45) is 4.99 Å². The normalized spacial score (nSPS) is 11.5. The third-order valence-corrected chi connectivity index (χ3v) is 2.78. The molecule has 0 aliphatic heterocycles. The molecule has 16 heavy (non-hydrogen) atoms. The highest BCUT2D eigenvalue weighted by Gasteiger charge is 1.96. The molecule has 1 aromatic heterocycles. The SMILES string of the molecule is CCNC(=NCc1cccs1)NCCOC. The molecule has 0 fully saturated rings. The molecule has 0 amide bonds. The summed E-state index contributed by atoms with van der Waals surface area (Å²) < 4.78 is 4.98. The molecule has 0 saturated carbocycles. The maximum atomic E-state index is 4.98. The molecule has 90 valence electrons. The van der Waals surface area contributed by atoms with Gasteiger partial charge in [0.05, 0.1) is 13.2 Å². The standard InChI is InChI=1S/C11H19N3OS/c1-3-12-11(13-6-7-15-2)14-9-10-5-4-8-16-10/h4-5,8H,3,6-7,9H2,1-2H3,(H2,12,13,14). The van der Waals surface area contributed by atoms with Crippen LogP contribution in [0.2, 0.25) is 0 Å². The van der Waals surface area contributed by atoms with Gasteiger partial charge in [0.15, 0.2) is 5.96 Å². The Morgan fingerprint density at radius 1 is 1.50 bits per heavy atom. The van der Waals surface area contributed by atoms with Crippen LogP contribution in [0.3, 0.4) is 0 Å². The van der Waals surface area contributed by atoms with Gasteiger partial charge in [-0.1, -0.05) is 6.07 Å². The van der Waals surface area contributed by atoms with E-state index in [1.165, 1.54) is 4.88 Å². The summed E-state index contributed by atoms with van der Waals surface area (Å²) in [6.45, 7) is 5.10. The molecule has 0 saturated heterocycles. The minimum Gasteiger partial charge on any atom is -0.383 e. The molecule has 4 nitrogen and oxygen atoms in total. The van der Waals surface area contributed by atoms with Crippen LogP contribution in [0.15, 0.2) is 22.5 Å². The molecule has 0 aliphatic rings. The van der Waals surface area contributed by atoms with Gasteiger partial charge < -0.3 is 15.4 Å². The first kappa shape index (κ1) is 13.0. The number of nitrogens with one attached hydrogen (secondary N) is 2. The van der Waals surface area contributed by atoms with Gasteiger partial charge >= 0.3 is 0 Å². The van der Waals surface area contributed by atoms with Gasteiger partial charge in [0, 0.05) is 25.1 Å². The topological polar surface area (TPSA) is 45.7 Å². The number of thiophene rings is 1. The van der Waals surface area contributed by atoms with Crippen molar-refractivity contribution >= 4 is 17.3 Å². The number of methoxy groups -OCH3 is 1. The Labute approximate surface area is 101 Å². The van der Waals surface area contributed by atoms with Crippen LogP contribution in [-0.2, 0) is 11.3 Å². The Balaban J connectivity index is 2.38. The molecule has 1 heterocycles. The van der Waals surface area contributed by atoms with Crippen molar-refractivity contribution in [3.05, 3.63) is 22.4 Å². The van der Waals surface area contributed by atoms with Gasteiger partial charge in [-0.05, 0) is 18.4 Å². The zero-order chi connectivity index (χ0) is 11.6. The maximum Gasteiger partial charge on any atom is 0.191 e. The Morgan fingerprint density at radius 2 is 2.38 bits per heavy atom. The molecule has 1 rings (SSSR count). The van der Waals surface area contributed by atoms with Crippen LogP contribution in [-0.4, -0.2) is 32.8 Å². The largest absolute Gasteiger partial charge is 0.383 e. The van der Waals surface area contributed by atoms with Crippen LogP contribution < -0.4 is 10.6 Å². The quantitative estimate of drug-likeness (QED) is 0.450. The van der Waals surface area contributed by atoms with Gasteiger partial charge in [-0.2, -0.15) is 0 Å². The predicted molar refractivity (Wildman–Crippen MR) is 69.0 cm³/mol. The first-order chi connectivity index (χ1) is 7.86. The summed E-state index contributed by atoms with van der Waals surface area (Å²) in [4.78, 5) is 5.74. The number of ether oxygens (including phenoxy) is 1. The van der Waals surface area contributed by atoms with E-state index in [1.807, 2.05) is 6.07 Å². The minimum absolute atomic E-state index is 0.684. The van der Waals surface area contributed by atoms with E-state index >= 15 is 0 Å². The first-order valence-electron chi connectivity index (χ1n) is 5.40. The fourth-order valence-electron chi connectivity index (χ4n) is 1.17. The summed E-state index contributed by atoms with van der Waals surface area (Å²) >= 11 is 1.72. The van der Waals surface area contributed by atoms with Crippen LogP contribution >= 0.6 is 11.3 Å². The number of rotatable bonds is 6. The molecule has 2 N–H and O–H groups in total. The van der Waals surface area contributed by atoms with E-state index in [0.717, 1.165) is 25.6 Å². The lowest BCUT2D eigenvalue weighted by Gasteiger charge is -2.10. The molecule has 0 aromatic carbocycles. The molecule has 0 atom stereocenters. The smallest absolute Gasteiger partial charge is 0.191 e. The van der Waals surface area contributed by atoms with Gasteiger partial charge in [-0.15, -0.1) is 11.3 Å². The van der Waals surface area contributed by atoms with Crippen molar-refractivity contribution in [3.63, 3.8) is 0 Å². The predicted octanol–water partition coefficient (Wildman–Crippen LogP) is 1.45. The zero-order valence-electron chi connectivity index (χ0n) is 9.82. The van der Waals surface area contributed by atoms with Crippen molar-refractivity contribution in [2.45, 2.75) is 13.5 Å². The summed E-state index contributed by atoms with van der Waals surface area (Å²) in [5.41, 5.74) is 0. The molecule has 0 unspecified atom stereocenters. The highest BCUT2D eigenvalue weighted by molar-refractivity contribution is 7.09. The lowest BCUT2D eigenvalue weighted by Crippen LogP contribution is -2.38. The molecule has 5 heteroatoms. The maximum absolute atomic E-state index is 4.98. The van der Waals surface area contributed by atoms with Crippen molar-refractivity contribution < 1.29 is 4.74 Å². The van der Waals surface area contributed by atoms with E-state index in [-0.39, 0.29) is 0 Å². The summed E-state index contributed by atoms with van der Waals surface area (Å²) in [6, 6.07) is 4.13. The Hall–Kier alpha value is -1.07. The lowest BCUT2D eigenvalue weighted by molar-refractivity contribution is 0.203. The Kier molecular flexibility index (Phi) is 6.60. The van der Waals surface area contributed by atoms with E-state index in [9.17, 15) is 0 Å². The van der Waals surface area contributed by atoms with Crippen molar-refractivity contribution in [3.8, 4) is 0 Å². The van der Waals surface area contributed by atoms with Gasteiger partial charge in [0.1, 0.15) is 0 Å². The summed E-state index contributed by atoms with van der Waals surface area (Å²) in [5.74, 6) is 0.841. The highest BCUT2D eigenvalue weighted by Crippen LogP contribution is 2.09. The van der Waals surface area contributed by atoms with Crippen molar-refractivity contribution in [1.82, 2.24) is 10.6 Å². The van der Waals surface area contributed by atoms with E-state index in [0.29, 0.717) is 6.61 Å². The van der Waals surface area contributed by atoms with Crippen LogP contribution in [0.25, 0.3) is 0 Å². The number of aliphatic imine (C=N–C) groups is 1. The number of nitrogens with zero attached hydrogens (tertiary/aromatic N) is 1. The third kappa shape index (κ3) is 5.14. The first-order valence-corrected chi connectivity index (χ1v) is 6.28. The number of hydrogen-bond acceptors (Lipinski definition) is 3. The van der Waals surface area contributed by atoms with Crippen LogP contribution in [0.4, 0.5) is 0 Å². The van der Waals surface area contributed by atoms with Crippen LogP contribution in [0.5, 0.6) is 0 Å². The minimum atomic E-state index is 0.684. The van der Waals surface area contributed by atoms with E-state index < -0.39 is 0 Å². The van der Waals surface area contributed by atoms with Crippen LogP contribution in [0.1, 0.15) is 11.8 Å². The van der Waals surface area contributed by atoms with E-state index in [4.69, 9.17) is 4.74 Å². The number of hydrogen-bond donors (Lipinski definition) is 2. The van der Waals surface area contributed by atoms with Crippen molar-refractivity contribution in [1.29, 1.82) is 0 Å². The summed E-state index contributed by atoms with van der Waals surface area (Å²) in [7, 11) is 1.69. The molecular formula is C11H19N3OS. The fraction of sp³-hybridized carbons (Fsp3) is 0.545. The van der Waals surface area contributed by atoms with E-state index in [2.05, 4.69) is 34.0 Å². The zero-order valence-corrected chi connectivity index (χ0v) is 10.6. The van der Waals surface area contributed by atoms with Crippen LogP contribution in [0, 0.1) is 0 Å². The molecule has 0 spiro atoms. The average molecular weight is 241 g/mol. The monoisotopic (exact) mass is 241 g/mol. The Morgan fingerprint density at radius 3 is 3.00 bits per heavy atom. The summed E-state index contributed by atoms with van der Waals surface area (Å²) in [5, 5.41) is 8.46. The third-order valence-electron chi connectivity index (χ3n) is 1.92. The molecule has 1 aromatic rings. The second kappa shape index (κ2) is 8.13. The Bertz CT molecular complexity index is 298. The molecule has 0 radical (unpaired) electrons.